The lowest BCUT2D eigenvalue weighted by molar-refractivity contribution is 0.0658. The van der Waals surface area contributed by atoms with Crippen LogP contribution in [0.5, 0.6) is 0 Å². The Morgan fingerprint density at radius 1 is 1.64 bits per heavy atom. The van der Waals surface area contributed by atoms with Crippen LogP contribution in [0.4, 0.5) is 0 Å². The normalized spacial score (nSPS) is 21.4. The van der Waals surface area contributed by atoms with Crippen LogP contribution in [0.3, 0.4) is 0 Å². The lowest BCUT2D eigenvalue weighted by Crippen LogP contribution is -1.97. The summed E-state index contributed by atoms with van der Waals surface area (Å²) in [5.41, 5.74) is 0.430. The number of carboxylic acid groups (broad SMARTS) is 1. The van der Waals surface area contributed by atoms with Gasteiger partial charge in [0.05, 0.1) is 18.2 Å². The first-order chi connectivity index (χ1) is 6.68. The SMILES string of the molecule is Cc1nc(C2CCOC2)oc1C(=O)O. The third-order valence-corrected chi connectivity index (χ3v) is 2.29. The molecule has 0 saturated carbocycles. The Morgan fingerprint density at radius 3 is 2.93 bits per heavy atom. The predicted octanol–water partition coefficient (Wildman–Crippen LogP) is 1.19. The second kappa shape index (κ2) is 3.42. The van der Waals surface area contributed by atoms with Gasteiger partial charge in [-0.15, -0.1) is 0 Å². The number of aromatic nitrogens is 1. The number of carboxylic acids is 1. The molecule has 76 valence electrons. The van der Waals surface area contributed by atoms with Crippen molar-refractivity contribution in [2.75, 3.05) is 13.2 Å². The zero-order valence-electron chi connectivity index (χ0n) is 7.82. The molecule has 0 aromatic carbocycles. The van der Waals surface area contributed by atoms with Crippen LogP contribution in [0.15, 0.2) is 4.42 Å². The molecular weight excluding hydrogens is 186 g/mol. The fourth-order valence-corrected chi connectivity index (χ4v) is 1.52. The summed E-state index contributed by atoms with van der Waals surface area (Å²) < 4.78 is 10.3. The number of aryl methyl sites for hydroxylation is 1. The maximum absolute atomic E-state index is 10.7. The number of ether oxygens (including phenoxy) is 1. The number of hydrogen-bond donors (Lipinski definition) is 1. The lowest BCUT2D eigenvalue weighted by atomic mass is 10.1. The lowest BCUT2D eigenvalue weighted by Gasteiger charge is -1.99. The maximum atomic E-state index is 10.7. The summed E-state index contributed by atoms with van der Waals surface area (Å²) in [4.78, 5) is 14.8. The van der Waals surface area contributed by atoms with E-state index in [1.807, 2.05) is 0 Å². The van der Waals surface area contributed by atoms with E-state index >= 15 is 0 Å². The van der Waals surface area contributed by atoms with E-state index in [9.17, 15) is 4.79 Å². The summed E-state index contributed by atoms with van der Waals surface area (Å²) in [5, 5.41) is 8.76. The molecule has 5 nitrogen and oxygen atoms in total. The average Bonchev–Trinajstić information content (AvgIpc) is 2.70. The summed E-state index contributed by atoms with van der Waals surface area (Å²) in [6.07, 6.45) is 0.846. The van der Waals surface area contributed by atoms with E-state index in [-0.39, 0.29) is 11.7 Å². The first-order valence-corrected chi connectivity index (χ1v) is 4.47. The Morgan fingerprint density at radius 2 is 2.43 bits per heavy atom. The van der Waals surface area contributed by atoms with Crippen LogP contribution in [0, 0.1) is 6.92 Å². The van der Waals surface area contributed by atoms with Gasteiger partial charge in [0.15, 0.2) is 0 Å². The molecule has 0 spiro atoms. The van der Waals surface area contributed by atoms with Gasteiger partial charge in [0, 0.05) is 6.61 Å². The Hall–Kier alpha value is -1.36. The predicted molar refractivity (Wildman–Crippen MR) is 46.4 cm³/mol. The van der Waals surface area contributed by atoms with Gasteiger partial charge < -0.3 is 14.3 Å². The minimum absolute atomic E-state index is 0.0631. The van der Waals surface area contributed by atoms with Gasteiger partial charge in [-0.1, -0.05) is 0 Å². The van der Waals surface area contributed by atoms with Crippen molar-refractivity contribution in [2.45, 2.75) is 19.3 Å². The molecule has 1 atom stereocenters. The molecule has 1 fully saturated rings. The molecule has 14 heavy (non-hydrogen) atoms. The number of nitrogens with zero attached hydrogens (tertiary/aromatic N) is 1. The van der Waals surface area contributed by atoms with Crippen molar-refractivity contribution in [1.82, 2.24) is 4.98 Å². The van der Waals surface area contributed by atoms with E-state index in [1.54, 1.807) is 6.92 Å². The molecule has 0 radical (unpaired) electrons. The first kappa shape index (κ1) is 9.21. The quantitative estimate of drug-likeness (QED) is 0.770. The summed E-state index contributed by atoms with van der Waals surface area (Å²) in [6, 6.07) is 0. The third-order valence-electron chi connectivity index (χ3n) is 2.29. The van der Waals surface area contributed by atoms with Gasteiger partial charge in [-0.25, -0.2) is 9.78 Å². The molecular formula is C9H11NO4. The van der Waals surface area contributed by atoms with Crippen LogP contribution in [-0.4, -0.2) is 29.3 Å². The van der Waals surface area contributed by atoms with Crippen molar-refractivity contribution in [3.63, 3.8) is 0 Å². The maximum Gasteiger partial charge on any atom is 0.373 e. The summed E-state index contributed by atoms with van der Waals surface area (Å²) in [7, 11) is 0. The number of aromatic carboxylic acids is 1. The highest BCUT2D eigenvalue weighted by Gasteiger charge is 2.25. The summed E-state index contributed by atoms with van der Waals surface area (Å²) >= 11 is 0. The molecule has 1 aromatic heterocycles. The molecule has 0 aliphatic carbocycles. The molecule has 1 saturated heterocycles. The smallest absolute Gasteiger partial charge is 0.373 e. The van der Waals surface area contributed by atoms with Crippen molar-refractivity contribution < 1.29 is 19.1 Å². The molecule has 1 aliphatic heterocycles. The van der Waals surface area contributed by atoms with Gasteiger partial charge in [-0.3, -0.25) is 0 Å². The van der Waals surface area contributed by atoms with Gasteiger partial charge in [-0.2, -0.15) is 0 Å². The molecule has 1 unspecified atom stereocenters. The van der Waals surface area contributed by atoms with Crippen LogP contribution in [0.25, 0.3) is 0 Å². The van der Waals surface area contributed by atoms with E-state index in [4.69, 9.17) is 14.3 Å². The number of carbonyl (C=O) groups is 1. The molecule has 1 N–H and O–H groups in total. The Kier molecular flexibility index (Phi) is 2.25. The van der Waals surface area contributed by atoms with E-state index in [2.05, 4.69) is 4.98 Å². The van der Waals surface area contributed by atoms with Crippen molar-refractivity contribution in [3.05, 3.63) is 17.3 Å². The average molecular weight is 197 g/mol. The van der Waals surface area contributed by atoms with E-state index in [0.29, 0.717) is 24.8 Å². The van der Waals surface area contributed by atoms with Gasteiger partial charge in [0.2, 0.25) is 11.7 Å². The standard InChI is InChI=1S/C9H11NO4/c1-5-7(9(11)12)14-8(10-5)6-2-3-13-4-6/h6H,2-4H2,1H3,(H,11,12). The van der Waals surface area contributed by atoms with Gasteiger partial charge >= 0.3 is 5.97 Å². The van der Waals surface area contributed by atoms with Crippen molar-refractivity contribution in [3.8, 4) is 0 Å². The first-order valence-electron chi connectivity index (χ1n) is 4.47. The van der Waals surface area contributed by atoms with Crippen molar-refractivity contribution >= 4 is 5.97 Å². The minimum Gasteiger partial charge on any atom is -0.475 e. The fraction of sp³-hybridized carbons (Fsp3) is 0.556. The topological polar surface area (TPSA) is 72.6 Å². The van der Waals surface area contributed by atoms with E-state index < -0.39 is 5.97 Å². The molecule has 0 bridgehead atoms. The fourth-order valence-electron chi connectivity index (χ4n) is 1.52. The molecule has 1 aliphatic rings. The number of hydrogen-bond acceptors (Lipinski definition) is 4. The zero-order valence-corrected chi connectivity index (χ0v) is 7.82. The highest BCUT2D eigenvalue weighted by molar-refractivity contribution is 5.85. The second-order valence-electron chi connectivity index (χ2n) is 3.33. The van der Waals surface area contributed by atoms with Crippen LogP contribution in [0.1, 0.15) is 34.5 Å². The van der Waals surface area contributed by atoms with Crippen LogP contribution < -0.4 is 0 Å². The third kappa shape index (κ3) is 1.50. The molecule has 0 amide bonds. The highest BCUT2D eigenvalue weighted by atomic mass is 16.5. The van der Waals surface area contributed by atoms with Crippen LogP contribution in [0.2, 0.25) is 0 Å². The Balaban J connectivity index is 2.27. The Labute approximate surface area is 80.7 Å². The van der Waals surface area contributed by atoms with Crippen LogP contribution in [-0.2, 0) is 4.74 Å². The summed E-state index contributed by atoms with van der Waals surface area (Å²) in [5.74, 6) is -0.536. The second-order valence-corrected chi connectivity index (χ2v) is 3.33. The Bertz CT molecular complexity index is 352. The van der Waals surface area contributed by atoms with Crippen molar-refractivity contribution in [1.29, 1.82) is 0 Å². The van der Waals surface area contributed by atoms with Gasteiger partial charge in [-0.05, 0) is 13.3 Å². The molecule has 2 heterocycles. The molecule has 1 aromatic rings. The van der Waals surface area contributed by atoms with Gasteiger partial charge in [0.1, 0.15) is 0 Å². The molecule has 2 rings (SSSR count). The van der Waals surface area contributed by atoms with Gasteiger partial charge in [0.25, 0.3) is 0 Å². The van der Waals surface area contributed by atoms with E-state index in [0.717, 1.165) is 6.42 Å². The number of oxazole rings is 1. The summed E-state index contributed by atoms with van der Waals surface area (Å²) in [6.45, 7) is 2.89. The van der Waals surface area contributed by atoms with Crippen molar-refractivity contribution in [2.24, 2.45) is 0 Å². The zero-order chi connectivity index (χ0) is 10.1. The number of rotatable bonds is 2. The monoisotopic (exact) mass is 197 g/mol. The molecule has 5 heteroatoms. The highest BCUT2D eigenvalue weighted by Crippen LogP contribution is 2.26. The van der Waals surface area contributed by atoms with Crippen LogP contribution >= 0.6 is 0 Å². The van der Waals surface area contributed by atoms with E-state index in [1.165, 1.54) is 0 Å². The largest absolute Gasteiger partial charge is 0.475 e. The minimum atomic E-state index is -1.07.